The third-order valence-corrected chi connectivity index (χ3v) is 3.92. The van der Waals surface area contributed by atoms with Gasteiger partial charge in [-0.05, 0) is 19.8 Å². The minimum Gasteiger partial charge on any atom is -0.453 e. The summed E-state index contributed by atoms with van der Waals surface area (Å²) in [6.07, 6.45) is 4.58. The van der Waals surface area contributed by atoms with Crippen molar-refractivity contribution in [2.45, 2.75) is 65.3 Å². The van der Waals surface area contributed by atoms with Gasteiger partial charge in [-0.2, -0.15) is 0 Å². The van der Waals surface area contributed by atoms with Crippen molar-refractivity contribution in [3.63, 3.8) is 0 Å². The van der Waals surface area contributed by atoms with E-state index in [2.05, 4.69) is 33.9 Å². The van der Waals surface area contributed by atoms with E-state index >= 15 is 0 Å². The van der Waals surface area contributed by atoms with E-state index in [0.717, 1.165) is 37.2 Å². The molecule has 7 heteroatoms. The number of ether oxygens (including phenoxy) is 1. The van der Waals surface area contributed by atoms with Crippen molar-refractivity contribution in [3.8, 4) is 0 Å². The number of H-pyrrole nitrogens is 1. The Morgan fingerprint density at radius 2 is 2.26 bits per heavy atom. The van der Waals surface area contributed by atoms with E-state index in [1.165, 1.54) is 7.11 Å². The zero-order valence-corrected chi connectivity index (χ0v) is 14.6. The van der Waals surface area contributed by atoms with Crippen LogP contribution in [0.15, 0.2) is 6.20 Å². The molecule has 1 aromatic heterocycles. The summed E-state index contributed by atoms with van der Waals surface area (Å²) in [5.74, 6) is 0.814. The second-order valence-electron chi connectivity index (χ2n) is 5.74. The molecule has 2 atom stereocenters. The highest BCUT2D eigenvalue weighted by Crippen LogP contribution is 2.17. The molecule has 1 rings (SSSR count). The molecule has 0 bridgehead atoms. The van der Waals surface area contributed by atoms with Gasteiger partial charge >= 0.3 is 6.09 Å². The number of aromatic nitrogens is 2. The molecule has 0 aliphatic heterocycles. The van der Waals surface area contributed by atoms with Crippen LogP contribution in [-0.2, 0) is 11.3 Å². The summed E-state index contributed by atoms with van der Waals surface area (Å²) >= 11 is 0. The minimum absolute atomic E-state index is 0.120. The van der Waals surface area contributed by atoms with Crippen LogP contribution in [-0.4, -0.2) is 52.0 Å². The number of imidazole rings is 1. The Morgan fingerprint density at radius 1 is 1.52 bits per heavy atom. The van der Waals surface area contributed by atoms with Crippen LogP contribution in [0.2, 0.25) is 0 Å². The van der Waals surface area contributed by atoms with Gasteiger partial charge in [0.15, 0.2) is 0 Å². The predicted molar refractivity (Wildman–Crippen MR) is 88.9 cm³/mol. The lowest BCUT2D eigenvalue weighted by atomic mass is 10.1. The van der Waals surface area contributed by atoms with Crippen LogP contribution in [0, 0.1) is 6.92 Å². The summed E-state index contributed by atoms with van der Waals surface area (Å²) in [5.41, 5.74) is 0.990. The number of amides is 1. The molecule has 0 radical (unpaired) electrons. The van der Waals surface area contributed by atoms with Crippen LogP contribution >= 0.6 is 0 Å². The molecule has 1 aromatic rings. The monoisotopic (exact) mass is 326 g/mol. The molecule has 0 aliphatic rings. The number of nitrogens with one attached hydrogen (secondary N) is 2. The largest absolute Gasteiger partial charge is 0.453 e. The molecule has 0 saturated carbocycles. The molecule has 0 aromatic carbocycles. The lowest BCUT2D eigenvalue weighted by Gasteiger charge is -2.34. The number of methoxy groups -OCH3 is 1. The SMILES string of the molecule is CCCCC(CC)N(Cc1ncc(C)[nH]1)C(O)CNC(=O)OC. The van der Waals surface area contributed by atoms with Crippen molar-refractivity contribution >= 4 is 6.09 Å². The quantitative estimate of drug-likeness (QED) is 0.573. The smallest absolute Gasteiger partial charge is 0.406 e. The summed E-state index contributed by atoms with van der Waals surface area (Å²) in [7, 11) is 1.31. The van der Waals surface area contributed by atoms with E-state index in [0.29, 0.717) is 6.54 Å². The number of hydrogen-bond acceptors (Lipinski definition) is 5. The maximum absolute atomic E-state index is 11.2. The second kappa shape index (κ2) is 10.2. The average molecular weight is 326 g/mol. The first kappa shape index (κ1) is 19.4. The summed E-state index contributed by atoms with van der Waals surface area (Å²) in [4.78, 5) is 20.7. The summed E-state index contributed by atoms with van der Waals surface area (Å²) in [6, 6.07) is 0.231. The first-order valence-electron chi connectivity index (χ1n) is 8.27. The molecule has 1 heterocycles. The van der Waals surface area contributed by atoms with Crippen molar-refractivity contribution in [2.75, 3.05) is 13.7 Å². The van der Waals surface area contributed by atoms with E-state index in [9.17, 15) is 9.90 Å². The minimum atomic E-state index is -0.790. The summed E-state index contributed by atoms with van der Waals surface area (Å²) in [5, 5.41) is 13.1. The van der Waals surface area contributed by atoms with Crippen molar-refractivity contribution in [2.24, 2.45) is 0 Å². The molecular formula is C16H30N4O3. The number of alkyl carbamates (subject to hydrolysis) is 1. The fourth-order valence-electron chi connectivity index (χ4n) is 2.61. The number of carbonyl (C=O) groups is 1. The van der Waals surface area contributed by atoms with Crippen molar-refractivity contribution in [1.29, 1.82) is 0 Å². The highest BCUT2D eigenvalue weighted by atomic mass is 16.5. The van der Waals surface area contributed by atoms with Gasteiger partial charge in [-0.1, -0.05) is 26.7 Å². The number of aromatic amines is 1. The Bertz CT molecular complexity index is 464. The first-order chi connectivity index (χ1) is 11.0. The highest BCUT2D eigenvalue weighted by Gasteiger charge is 2.25. The zero-order valence-electron chi connectivity index (χ0n) is 14.6. The molecule has 0 spiro atoms. The van der Waals surface area contributed by atoms with E-state index in [1.807, 2.05) is 11.8 Å². The molecule has 1 amide bonds. The second-order valence-corrected chi connectivity index (χ2v) is 5.74. The molecule has 132 valence electrons. The molecule has 0 saturated heterocycles. The maximum Gasteiger partial charge on any atom is 0.406 e. The number of rotatable bonds is 10. The predicted octanol–water partition coefficient (Wildman–Crippen LogP) is 2.16. The number of aryl methyl sites for hydroxylation is 1. The Kier molecular flexibility index (Phi) is 8.65. The van der Waals surface area contributed by atoms with Crippen LogP contribution in [0.1, 0.15) is 51.0 Å². The average Bonchev–Trinajstić information content (AvgIpc) is 2.96. The van der Waals surface area contributed by atoms with Crippen LogP contribution in [0.3, 0.4) is 0 Å². The molecule has 23 heavy (non-hydrogen) atoms. The van der Waals surface area contributed by atoms with E-state index < -0.39 is 12.3 Å². The van der Waals surface area contributed by atoms with Crippen molar-refractivity contribution in [3.05, 3.63) is 17.7 Å². The molecule has 0 fully saturated rings. The number of hydrogen-bond donors (Lipinski definition) is 3. The standard InChI is InChI=1S/C16H30N4O3/c1-5-7-8-13(6-2)20(11-14-17-9-12(3)19-14)15(21)10-18-16(22)23-4/h9,13,15,21H,5-8,10-11H2,1-4H3,(H,17,19)(H,18,22). The Balaban J connectivity index is 2.78. The van der Waals surface area contributed by atoms with E-state index in [-0.39, 0.29) is 12.6 Å². The molecule has 0 aliphatic carbocycles. The summed E-state index contributed by atoms with van der Waals surface area (Å²) < 4.78 is 4.56. The third kappa shape index (κ3) is 6.58. The topological polar surface area (TPSA) is 90.5 Å². The van der Waals surface area contributed by atoms with Gasteiger partial charge in [-0.25, -0.2) is 9.78 Å². The van der Waals surface area contributed by atoms with Crippen LogP contribution in [0.4, 0.5) is 4.79 Å². The number of unbranched alkanes of at least 4 members (excludes halogenated alkanes) is 1. The molecular weight excluding hydrogens is 296 g/mol. The first-order valence-corrected chi connectivity index (χ1v) is 8.27. The van der Waals surface area contributed by atoms with Gasteiger partial charge in [0.05, 0.1) is 20.2 Å². The normalized spacial score (nSPS) is 13.8. The number of aliphatic hydroxyl groups is 1. The van der Waals surface area contributed by atoms with Crippen LogP contribution in [0.25, 0.3) is 0 Å². The van der Waals surface area contributed by atoms with Crippen molar-refractivity contribution < 1.29 is 14.6 Å². The number of nitrogens with zero attached hydrogens (tertiary/aromatic N) is 2. The van der Waals surface area contributed by atoms with Crippen molar-refractivity contribution in [1.82, 2.24) is 20.2 Å². The highest BCUT2D eigenvalue weighted by molar-refractivity contribution is 5.66. The maximum atomic E-state index is 11.2. The van der Waals surface area contributed by atoms with Gasteiger partial charge in [-0.3, -0.25) is 4.90 Å². The van der Waals surface area contributed by atoms with Gasteiger partial charge in [0.25, 0.3) is 0 Å². The lowest BCUT2D eigenvalue weighted by molar-refractivity contribution is -0.0347. The number of aliphatic hydroxyl groups excluding tert-OH is 1. The summed E-state index contributed by atoms with van der Waals surface area (Å²) in [6.45, 7) is 6.85. The molecule has 3 N–H and O–H groups in total. The van der Waals surface area contributed by atoms with Gasteiger partial charge < -0.3 is 20.1 Å². The van der Waals surface area contributed by atoms with Gasteiger partial charge in [-0.15, -0.1) is 0 Å². The Hall–Kier alpha value is -1.60. The third-order valence-electron chi connectivity index (χ3n) is 3.92. The zero-order chi connectivity index (χ0) is 17.2. The molecule has 7 nitrogen and oxygen atoms in total. The van der Waals surface area contributed by atoms with E-state index in [4.69, 9.17) is 0 Å². The van der Waals surface area contributed by atoms with Crippen LogP contribution < -0.4 is 5.32 Å². The van der Waals surface area contributed by atoms with Gasteiger partial charge in [0, 0.05) is 17.9 Å². The van der Waals surface area contributed by atoms with Gasteiger partial charge in [0.1, 0.15) is 12.1 Å². The van der Waals surface area contributed by atoms with Gasteiger partial charge in [0.2, 0.25) is 0 Å². The molecule has 2 unspecified atom stereocenters. The Labute approximate surface area is 138 Å². The number of carbonyl (C=O) groups excluding carboxylic acids is 1. The fourth-order valence-corrected chi connectivity index (χ4v) is 2.61. The lowest BCUT2D eigenvalue weighted by Crippen LogP contribution is -2.48. The van der Waals surface area contributed by atoms with Crippen LogP contribution in [0.5, 0.6) is 0 Å². The van der Waals surface area contributed by atoms with E-state index in [1.54, 1.807) is 6.20 Å². The fraction of sp³-hybridized carbons (Fsp3) is 0.750. The Morgan fingerprint density at radius 3 is 2.78 bits per heavy atom.